The molecule has 2 atom stereocenters. The van der Waals surface area contributed by atoms with Gasteiger partial charge in [0, 0.05) is 19.0 Å². The third-order valence-electron chi connectivity index (χ3n) is 6.33. The molecule has 2 aliphatic rings. The van der Waals surface area contributed by atoms with Crippen LogP contribution in [0.15, 0.2) is 35.2 Å². The first-order valence-corrected chi connectivity index (χ1v) is 10.9. The van der Waals surface area contributed by atoms with Crippen molar-refractivity contribution in [2.45, 2.75) is 18.6 Å². The van der Waals surface area contributed by atoms with Crippen molar-refractivity contribution in [3.8, 4) is 0 Å². The maximum absolute atomic E-state index is 15.1. The smallest absolute Gasteiger partial charge is 0.257 e. The van der Waals surface area contributed by atoms with Gasteiger partial charge in [-0.3, -0.25) is 9.20 Å². The molecule has 2 aromatic heterocycles. The second kappa shape index (κ2) is 7.16. The second-order valence-electron chi connectivity index (χ2n) is 8.08. The number of halogens is 4. The number of amides is 1. The van der Waals surface area contributed by atoms with Crippen molar-refractivity contribution in [2.75, 3.05) is 18.9 Å². The molecule has 3 heterocycles. The van der Waals surface area contributed by atoms with Crippen LogP contribution in [-0.4, -0.2) is 44.4 Å². The summed E-state index contributed by atoms with van der Waals surface area (Å²) in [5.41, 5.74) is 7.62. The first-order valence-electron chi connectivity index (χ1n) is 10.1. The fourth-order valence-corrected chi connectivity index (χ4v) is 5.19. The molecule has 1 aliphatic heterocycles. The minimum absolute atomic E-state index is 0.149. The summed E-state index contributed by atoms with van der Waals surface area (Å²) in [5.74, 6) is -2.67. The highest BCUT2D eigenvalue weighted by Gasteiger charge is 2.44. The van der Waals surface area contributed by atoms with Crippen LogP contribution in [-0.2, 0) is 11.2 Å². The van der Waals surface area contributed by atoms with E-state index in [1.807, 2.05) is 0 Å². The first-order chi connectivity index (χ1) is 15.8. The molecule has 4 aromatic rings. The number of carbonyl (C=O) groups is 1. The molecule has 2 N–H and O–H groups in total. The number of nitrogen functional groups attached to an aromatic ring is 1. The second-order valence-corrected chi connectivity index (χ2v) is 8.87. The molecule has 7 nitrogen and oxygen atoms in total. The Labute approximate surface area is 193 Å². The fourth-order valence-electron chi connectivity index (χ4n) is 4.84. The lowest BCUT2D eigenvalue weighted by Gasteiger charge is -2.38. The molecule has 0 bridgehead atoms. The molecular formula is C22H15BrF3N5O2. The number of anilines is 1. The molecule has 1 fully saturated rings. The minimum atomic E-state index is -0.770. The van der Waals surface area contributed by atoms with Crippen LogP contribution in [0.5, 0.6) is 0 Å². The molecular weight excluding hydrogens is 503 g/mol. The molecule has 11 heteroatoms. The van der Waals surface area contributed by atoms with Crippen LogP contribution in [0.2, 0.25) is 0 Å². The Morgan fingerprint density at radius 1 is 1.18 bits per heavy atom. The summed E-state index contributed by atoms with van der Waals surface area (Å²) in [6, 6.07) is 3.03. The molecule has 0 spiro atoms. The van der Waals surface area contributed by atoms with Crippen LogP contribution < -0.4 is 5.73 Å². The zero-order chi connectivity index (χ0) is 23.0. The third-order valence-corrected chi connectivity index (χ3v) is 7.06. The van der Waals surface area contributed by atoms with Crippen molar-refractivity contribution in [1.82, 2.24) is 19.3 Å². The summed E-state index contributed by atoms with van der Waals surface area (Å²) in [5, 5.41) is 0. The standard InChI is InChI=1S/C22H15BrF3N5O2/c23-18-13(25)3-10-9(19(18)26)5-17-20(10)30(1-2-33-17)22(32)11-4-15-14(6-12(11)24)29-21(27)16-7-28-8-31(15)16/h3-4,6-8,17,20H,1-2,5H2,(H2,27,29)/t17-,20+/m1/s1. The largest absolute Gasteiger partial charge is 0.382 e. The number of ether oxygens (including phenoxy) is 1. The van der Waals surface area contributed by atoms with Crippen molar-refractivity contribution in [1.29, 1.82) is 0 Å². The highest BCUT2D eigenvalue weighted by molar-refractivity contribution is 9.10. The Kier molecular flexibility index (Phi) is 4.43. The van der Waals surface area contributed by atoms with Crippen LogP contribution in [0.25, 0.3) is 16.6 Å². The van der Waals surface area contributed by atoms with E-state index < -0.39 is 35.5 Å². The summed E-state index contributed by atoms with van der Waals surface area (Å²) in [4.78, 5) is 23.2. The number of nitrogens with zero attached hydrogens (tertiary/aromatic N) is 4. The van der Waals surface area contributed by atoms with E-state index in [0.29, 0.717) is 16.6 Å². The summed E-state index contributed by atoms with van der Waals surface area (Å²) in [6.45, 7) is 0.349. The molecule has 6 rings (SSSR count). The van der Waals surface area contributed by atoms with Gasteiger partial charge in [0.05, 0.1) is 52.3 Å². The van der Waals surface area contributed by atoms with Gasteiger partial charge < -0.3 is 15.4 Å². The zero-order valence-corrected chi connectivity index (χ0v) is 18.4. The molecule has 168 valence electrons. The highest BCUT2D eigenvalue weighted by Crippen LogP contribution is 2.44. The van der Waals surface area contributed by atoms with Crippen LogP contribution in [0.1, 0.15) is 27.5 Å². The van der Waals surface area contributed by atoms with Gasteiger partial charge in [-0.2, -0.15) is 0 Å². The van der Waals surface area contributed by atoms with Crippen molar-refractivity contribution in [3.05, 3.63) is 69.3 Å². The van der Waals surface area contributed by atoms with E-state index in [1.54, 1.807) is 4.40 Å². The fraction of sp³-hybridized carbons (Fsp3) is 0.227. The zero-order valence-electron chi connectivity index (χ0n) is 16.9. The maximum Gasteiger partial charge on any atom is 0.257 e. The highest BCUT2D eigenvalue weighted by atomic mass is 79.9. The van der Waals surface area contributed by atoms with Gasteiger partial charge in [0.1, 0.15) is 28.8 Å². The maximum atomic E-state index is 15.1. The monoisotopic (exact) mass is 517 g/mol. The van der Waals surface area contributed by atoms with Crippen molar-refractivity contribution >= 4 is 44.2 Å². The number of hydrogen-bond donors (Lipinski definition) is 1. The molecule has 0 unspecified atom stereocenters. The molecule has 1 saturated heterocycles. The number of carbonyl (C=O) groups excluding carboxylic acids is 1. The summed E-state index contributed by atoms with van der Waals surface area (Å²) >= 11 is 2.92. The Balaban J connectivity index is 1.48. The summed E-state index contributed by atoms with van der Waals surface area (Å²) in [7, 11) is 0. The van der Waals surface area contributed by atoms with E-state index >= 15 is 4.39 Å². The SMILES string of the molecule is Nc1nc2cc(F)c(C(=O)N3CCO[C@@H]4Cc5c(cc(F)c(Br)c5F)[C@@H]43)cc2n2cncc12. The number of benzene rings is 2. The number of aromatic nitrogens is 3. The lowest BCUT2D eigenvalue weighted by molar-refractivity contribution is -0.0518. The number of hydrogen-bond acceptors (Lipinski definition) is 5. The number of fused-ring (bicyclic) bond motifs is 6. The van der Waals surface area contributed by atoms with Gasteiger partial charge in [0.25, 0.3) is 5.91 Å². The van der Waals surface area contributed by atoms with Crippen LogP contribution in [0.3, 0.4) is 0 Å². The molecule has 1 amide bonds. The predicted molar refractivity (Wildman–Crippen MR) is 116 cm³/mol. The molecule has 1 aliphatic carbocycles. The predicted octanol–water partition coefficient (Wildman–Crippen LogP) is 3.78. The van der Waals surface area contributed by atoms with Gasteiger partial charge in [-0.1, -0.05) is 0 Å². The average molecular weight is 518 g/mol. The van der Waals surface area contributed by atoms with E-state index in [0.717, 1.165) is 6.07 Å². The minimum Gasteiger partial charge on any atom is -0.382 e. The van der Waals surface area contributed by atoms with Crippen molar-refractivity contribution < 1.29 is 22.7 Å². The van der Waals surface area contributed by atoms with E-state index in [1.165, 1.54) is 29.6 Å². The quantitative estimate of drug-likeness (QED) is 0.388. The molecule has 0 saturated carbocycles. The normalized spacial score (nSPS) is 19.8. The average Bonchev–Trinajstić information content (AvgIpc) is 3.43. The first kappa shape index (κ1) is 20.4. The topological polar surface area (TPSA) is 85.8 Å². The lowest BCUT2D eigenvalue weighted by Crippen LogP contribution is -2.46. The van der Waals surface area contributed by atoms with Crippen molar-refractivity contribution in [3.63, 3.8) is 0 Å². The van der Waals surface area contributed by atoms with Gasteiger partial charge in [-0.15, -0.1) is 0 Å². The van der Waals surface area contributed by atoms with Crippen molar-refractivity contribution in [2.24, 2.45) is 0 Å². The number of nitrogens with two attached hydrogens (primary N) is 1. The Morgan fingerprint density at radius 2 is 2.00 bits per heavy atom. The summed E-state index contributed by atoms with van der Waals surface area (Å²) < 4.78 is 51.3. The van der Waals surface area contributed by atoms with Crippen LogP contribution >= 0.6 is 15.9 Å². The van der Waals surface area contributed by atoms with Gasteiger partial charge in [-0.25, -0.2) is 23.1 Å². The molecule has 33 heavy (non-hydrogen) atoms. The van der Waals surface area contributed by atoms with Gasteiger partial charge in [0.15, 0.2) is 0 Å². The van der Waals surface area contributed by atoms with Gasteiger partial charge in [-0.05, 0) is 39.2 Å². The van der Waals surface area contributed by atoms with E-state index in [-0.39, 0.29) is 46.5 Å². The van der Waals surface area contributed by atoms with Gasteiger partial charge >= 0.3 is 0 Å². The Hall–Kier alpha value is -3.18. The number of imidazole rings is 1. The summed E-state index contributed by atoms with van der Waals surface area (Å²) in [6.07, 6.45) is 2.67. The van der Waals surface area contributed by atoms with E-state index in [4.69, 9.17) is 10.5 Å². The van der Waals surface area contributed by atoms with Crippen LogP contribution in [0.4, 0.5) is 19.0 Å². The molecule has 0 radical (unpaired) electrons. The van der Waals surface area contributed by atoms with E-state index in [9.17, 15) is 13.6 Å². The molecule has 2 aromatic carbocycles. The Bertz CT molecular complexity index is 1490. The van der Waals surface area contributed by atoms with Gasteiger partial charge in [0.2, 0.25) is 0 Å². The Morgan fingerprint density at radius 3 is 2.82 bits per heavy atom. The van der Waals surface area contributed by atoms with E-state index in [2.05, 4.69) is 25.9 Å². The number of rotatable bonds is 1. The third kappa shape index (κ3) is 2.88. The number of morpholine rings is 1. The lowest BCUT2D eigenvalue weighted by atomic mass is 10.0. The van der Waals surface area contributed by atoms with Crippen LogP contribution in [0, 0.1) is 17.5 Å².